The Morgan fingerprint density at radius 3 is 2.48 bits per heavy atom. The van der Waals surface area contributed by atoms with Gasteiger partial charge in [0.1, 0.15) is 0 Å². The van der Waals surface area contributed by atoms with Gasteiger partial charge in [-0.2, -0.15) is 0 Å². The van der Waals surface area contributed by atoms with Crippen molar-refractivity contribution in [3.05, 3.63) is 89.1 Å². The van der Waals surface area contributed by atoms with E-state index >= 15 is 0 Å². The fourth-order valence-corrected chi connectivity index (χ4v) is 2.64. The predicted octanol–water partition coefficient (Wildman–Crippen LogP) is 6.18. The van der Waals surface area contributed by atoms with Crippen molar-refractivity contribution in [2.45, 2.75) is 33.6 Å². The van der Waals surface area contributed by atoms with Gasteiger partial charge in [-0.25, -0.2) is 0 Å². The molecule has 1 aliphatic carbocycles. The lowest BCUT2D eigenvalue weighted by molar-refractivity contribution is 0.979. The van der Waals surface area contributed by atoms with E-state index in [4.69, 9.17) is 0 Å². The minimum absolute atomic E-state index is 1.02. The Labute approximate surface area is 128 Å². The molecule has 0 heterocycles. The Morgan fingerprint density at radius 1 is 1.14 bits per heavy atom. The quantitative estimate of drug-likeness (QED) is 0.618. The molecule has 2 rings (SSSR count). The summed E-state index contributed by atoms with van der Waals surface area (Å²) in [6.07, 6.45) is 12.9. The molecule has 1 aliphatic rings. The van der Waals surface area contributed by atoms with Crippen LogP contribution in [0.1, 0.15) is 37.8 Å². The zero-order chi connectivity index (χ0) is 15.2. The van der Waals surface area contributed by atoms with Gasteiger partial charge in [0.2, 0.25) is 0 Å². The number of benzene rings is 1. The summed E-state index contributed by atoms with van der Waals surface area (Å²) in [5.41, 5.74) is 7.93. The van der Waals surface area contributed by atoms with E-state index in [9.17, 15) is 0 Å². The topological polar surface area (TPSA) is 0 Å². The molecule has 108 valence electrons. The van der Waals surface area contributed by atoms with Gasteiger partial charge in [0, 0.05) is 0 Å². The van der Waals surface area contributed by atoms with E-state index in [-0.39, 0.29) is 0 Å². The summed E-state index contributed by atoms with van der Waals surface area (Å²) in [7, 11) is 0. The molecule has 0 unspecified atom stereocenters. The van der Waals surface area contributed by atoms with E-state index < -0.39 is 0 Å². The number of allylic oxidation sites excluding steroid dienone is 9. The van der Waals surface area contributed by atoms with Gasteiger partial charge < -0.3 is 0 Å². The molecule has 0 aliphatic heterocycles. The molecule has 0 spiro atoms. The highest BCUT2D eigenvalue weighted by Crippen LogP contribution is 2.26. The Hall–Kier alpha value is -2.08. The zero-order valence-electron chi connectivity index (χ0n) is 13.3. The van der Waals surface area contributed by atoms with E-state index in [2.05, 4.69) is 75.9 Å². The molecule has 0 radical (unpaired) electrons. The third-order valence-corrected chi connectivity index (χ3v) is 3.89. The van der Waals surface area contributed by atoms with Gasteiger partial charge in [0.25, 0.3) is 0 Å². The number of hydrogen-bond donors (Lipinski definition) is 0. The predicted molar refractivity (Wildman–Crippen MR) is 94.2 cm³/mol. The van der Waals surface area contributed by atoms with Gasteiger partial charge in [0.05, 0.1) is 0 Å². The van der Waals surface area contributed by atoms with E-state index in [1.165, 1.54) is 33.4 Å². The molecular weight excluding hydrogens is 252 g/mol. The molecule has 1 aromatic rings. The van der Waals surface area contributed by atoms with Crippen molar-refractivity contribution in [1.29, 1.82) is 0 Å². The summed E-state index contributed by atoms with van der Waals surface area (Å²) in [6.45, 7) is 10.5. The second kappa shape index (κ2) is 7.08. The maximum Gasteiger partial charge on any atom is -0.00990 e. The van der Waals surface area contributed by atoms with Crippen LogP contribution in [0, 0.1) is 6.92 Å². The van der Waals surface area contributed by atoms with Crippen molar-refractivity contribution in [2.75, 3.05) is 0 Å². The molecule has 0 N–H and O–H groups in total. The number of rotatable bonds is 3. The molecule has 0 heteroatoms. The molecule has 0 aromatic heterocycles. The van der Waals surface area contributed by atoms with Crippen LogP contribution < -0.4 is 0 Å². The fraction of sp³-hybridized carbons (Fsp3) is 0.238. The standard InChI is InChI=1S/C21H24/c1-5-18-8-7-9-21(15-17(4)14-19(18)6-2)20-12-10-16(3)11-13-20/h5,7-13,15H,1,6,14H2,2-4H3/b8-7+,17-15+,19-18-,21-9+. The van der Waals surface area contributed by atoms with Gasteiger partial charge in [-0.15, -0.1) is 0 Å². The zero-order valence-corrected chi connectivity index (χ0v) is 13.3. The molecular formula is C21H24. The van der Waals surface area contributed by atoms with Crippen LogP contribution in [0.2, 0.25) is 0 Å². The molecule has 21 heavy (non-hydrogen) atoms. The fourth-order valence-electron chi connectivity index (χ4n) is 2.64. The molecule has 0 saturated carbocycles. The van der Waals surface area contributed by atoms with Crippen molar-refractivity contribution >= 4 is 5.57 Å². The van der Waals surface area contributed by atoms with Crippen molar-refractivity contribution in [2.24, 2.45) is 0 Å². The van der Waals surface area contributed by atoms with E-state index in [1.807, 2.05) is 6.08 Å². The van der Waals surface area contributed by atoms with Gasteiger partial charge in [-0.05, 0) is 43.4 Å². The Kier molecular flexibility index (Phi) is 5.16. The lowest BCUT2D eigenvalue weighted by atomic mass is 9.96. The highest BCUT2D eigenvalue weighted by atomic mass is 14.1. The first-order valence-electron chi connectivity index (χ1n) is 7.61. The largest absolute Gasteiger partial charge is 0.0985 e. The maximum absolute atomic E-state index is 3.95. The first kappa shape index (κ1) is 15.3. The Morgan fingerprint density at radius 2 is 1.86 bits per heavy atom. The normalized spacial score (nSPS) is 25.7. The summed E-state index contributed by atoms with van der Waals surface area (Å²) >= 11 is 0. The molecule has 0 atom stereocenters. The third-order valence-electron chi connectivity index (χ3n) is 3.89. The van der Waals surface area contributed by atoms with Crippen LogP contribution in [0.5, 0.6) is 0 Å². The van der Waals surface area contributed by atoms with E-state index in [0.717, 1.165) is 12.8 Å². The molecule has 0 bridgehead atoms. The van der Waals surface area contributed by atoms with Crippen LogP contribution in [-0.2, 0) is 0 Å². The van der Waals surface area contributed by atoms with E-state index in [0.29, 0.717) is 0 Å². The second-order valence-corrected chi connectivity index (χ2v) is 5.63. The highest BCUT2D eigenvalue weighted by molar-refractivity contribution is 5.76. The van der Waals surface area contributed by atoms with Crippen LogP contribution in [0.3, 0.4) is 0 Å². The minimum atomic E-state index is 1.02. The average Bonchev–Trinajstić information content (AvgIpc) is 2.56. The summed E-state index contributed by atoms with van der Waals surface area (Å²) in [5, 5.41) is 0. The van der Waals surface area contributed by atoms with Crippen molar-refractivity contribution in [3.8, 4) is 0 Å². The van der Waals surface area contributed by atoms with Gasteiger partial charge >= 0.3 is 0 Å². The summed E-state index contributed by atoms with van der Waals surface area (Å²) in [6, 6.07) is 8.72. The molecule has 0 fully saturated rings. The SMILES string of the molecule is C=CC1=C(\CC)C/C(C)=C/C(c2ccc(C)cc2)=C\C=C\1. The highest BCUT2D eigenvalue weighted by Gasteiger charge is 2.05. The van der Waals surface area contributed by atoms with Crippen LogP contribution >= 0.6 is 0 Å². The van der Waals surface area contributed by atoms with Gasteiger partial charge in [0.15, 0.2) is 0 Å². The summed E-state index contributed by atoms with van der Waals surface area (Å²) in [4.78, 5) is 0. The van der Waals surface area contributed by atoms with Crippen LogP contribution in [0.15, 0.2) is 77.9 Å². The third kappa shape index (κ3) is 3.95. The van der Waals surface area contributed by atoms with Crippen LogP contribution in [0.4, 0.5) is 0 Å². The smallest absolute Gasteiger partial charge is 0.00990 e. The first-order valence-corrected chi connectivity index (χ1v) is 7.61. The summed E-state index contributed by atoms with van der Waals surface area (Å²) < 4.78 is 0. The van der Waals surface area contributed by atoms with Crippen LogP contribution in [-0.4, -0.2) is 0 Å². The lowest BCUT2D eigenvalue weighted by Gasteiger charge is -2.09. The number of aryl methyl sites for hydroxylation is 1. The van der Waals surface area contributed by atoms with E-state index in [1.54, 1.807) is 0 Å². The Bertz CT molecular complexity index is 631. The summed E-state index contributed by atoms with van der Waals surface area (Å²) in [5.74, 6) is 0. The van der Waals surface area contributed by atoms with Gasteiger partial charge in [-0.1, -0.05) is 84.9 Å². The van der Waals surface area contributed by atoms with Gasteiger partial charge in [-0.3, -0.25) is 0 Å². The monoisotopic (exact) mass is 276 g/mol. The average molecular weight is 276 g/mol. The minimum Gasteiger partial charge on any atom is -0.0985 e. The number of hydrogen-bond acceptors (Lipinski definition) is 0. The van der Waals surface area contributed by atoms with Crippen molar-refractivity contribution in [3.63, 3.8) is 0 Å². The molecule has 0 nitrogen and oxygen atoms in total. The molecule has 0 amide bonds. The molecule has 0 saturated heterocycles. The first-order chi connectivity index (χ1) is 10.1. The maximum atomic E-state index is 3.95. The van der Waals surface area contributed by atoms with Crippen LogP contribution in [0.25, 0.3) is 5.57 Å². The second-order valence-electron chi connectivity index (χ2n) is 5.63. The van der Waals surface area contributed by atoms with Crippen molar-refractivity contribution < 1.29 is 0 Å². The Balaban J connectivity index is 2.43. The molecule has 1 aromatic carbocycles. The lowest BCUT2D eigenvalue weighted by Crippen LogP contribution is -1.89. The van der Waals surface area contributed by atoms with Crippen molar-refractivity contribution in [1.82, 2.24) is 0 Å².